The van der Waals surface area contributed by atoms with E-state index in [-0.39, 0.29) is 12.7 Å². The summed E-state index contributed by atoms with van der Waals surface area (Å²) in [6.45, 7) is 7.34. The first-order valence-electron chi connectivity index (χ1n) is 8.17. The highest BCUT2D eigenvalue weighted by molar-refractivity contribution is 5.75. The maximum atomic E-state index is 12.0. The van der Waals surface area contributed by atoms with Gasteiger partial charge in [-0.1, -0.05) is 0 Å². The van der Waals surface area contributed by atoms with Crippen molar-refractivity contribution in [2.45, 2.75) is 51.7 Å². The zero-order chi connectivity index (χ0) is 17.5. The molecular weight excluding hydrogens is 300 g/mol. The van der Waals surface area contributed by atoms with Crippen LogP contribution in [0.4, 0.5) is 4.79 Å². The molecule has 134 valence electrons. The van der Waals surface area contributed by atoms with Gasteiger partial charge in [-0.2, -0.15) is 0 Å². The number of aliphatic hydroxyl groups is 1. The lowest BCUT2D eigenvalue weighted by Crippen LogP contribution is -2.43. The van der Waals surface area contributed by atoms with E-state index in [1.807, 2.05) is 20.8 Å². The Hall–Kier alpha value is -1.34. The van der Waals surface area contributed by atoms with Crippen LogP contribution in [0.15, 0.2) is 0 Å². The van der Waals surface area contributed by atoms with E-state index in [2.05, 4.69) is 10.1 Å². The van der Waals surface area contributed by atoms with E-state index in [1.165, 1.54) is 7.11 Å². The summed E-state index contributed by atoms with van der Waals surface area (Å²) in [5, 5.41) is 12.1. The number of carbonyl (C=O) groups is 2. The van der Waals surface area contributed by atoms with Crippen LogP contribution in [0.25, 0.3) is 0 Å². The van der Waals surface area contributed by atoms with Crippen LogP contribution in [0, 0.1) is 5.92 Å². The van der Waals surface area contributed by atoms with Gasteiger partial charge in [0.1, 0.15) is 11.6 Å². The molecule has 1 aliphatic heterocycles. The number of ether oxygens (including phenoxy) is 2. The first kappa shape index (κ1) is 19.7. The molecule has 1 saturated heterocycles. The fraction of sp³-hybridized carbons (Fsp3) is 0.875. The Morgan fingerprint density at radius 1 is 1.30 bits per heavy atom. The van der Waals surface area contributed by atoms with Crippen molar-refractivity contribution in [2.24, 2.45) is 5.92 Å². The topological polar surface area (TPSA) is 88.1 Å². The molecule has 1 unspecified atom stereocenters. The van der Waals surface area contributed by atoms with Crippen molar-refractivity contribution in [3.05, 3.63) is 0 Å². The van der Waals surface area contributed by atoms with E-state index in [9.17, 15) is 9.59 Å². The molecule has 0 spiro atoms. The Kier molecular flexibility index (Phi) is 7.78. The SMILES string of the molecule is COC(=O)C(CO)NCCC1CCN(C(=O)OC(C)(C)C)CC1. The molecule has 1 rings (SSSR count). The zero-order valence-corrected chi connectivity index (χ0v) is 14.6. The fourth-order valence-corrected chi connectivity index (χ4v) is 2.56. The smallest absolute Gasteiger partial charge is 0.410 e. The predicted octanol–water partition coefficient (Wildman–Crippen LogP) is 1.15. The maximum Gasteiger partial charge on any atom is 0.410 e. The van der Waals surface area contributed by atoms with Gasteiger partial charge in [0, 0.05) is 13.1 Å². The van der Waals surface area contributed by atoms with Crippen molar-refractivity contribution in [2.75, 3.05) is 33.4 Å². The number of methoxy groups -OCH3 is 1. The van der Waals surface area contributed by atoms with E-state index < -0.39 is 17.6 Å². The van der Waals surface area contributed by atoms with Crippen molar-refractivity contribution in [3.8, 4) is 0 Å². The number of carbonyl (C=O) groups excluding carboxylic acids is 2. The van der Waals surface area contributed by atoms with E-state index in [1.54, 1.807) is 4.90 Å². The van der Waals surface area contributed by atoms with E-state index in [0.29, 0.717) is 25.6 Å². The molecule has 1 fully saturated rings. The summed E-state index contributed by atoms with van der Waals surface area (Å²) in [6.07, 6.45) is 2.49. The third kappa shape index (κ3) is 7.18. The summed E-state index contributed by atoms with van der Waals surface area (Å²) in [6, 6.07) is -0.665. The van der Waals surface area contributed by atoms with Crippen molar-refractivity contribution >= 4 is 12.1 Å². The molecular formula is C16H30N2O5. The summed E-state index contributed by atoms with van der Waals surface area (Å²) in [5.74, 6) is 0.0467. The van der Waals surface area contributed by atoms with Crippen LogP contribution in [-0.4, -0.2) is 67.1 Å². The van der Waals surface area contributed by atoms with Crippen LogP contribution >= 0.6 is 0 Å². The molecule has 0 bridgehead atoms. The molecule has 1 heterocycles. The van der Waals surface area contributed by atoms with Crippen LogP contribution in [0.2, 0.25) is 0 Å². The molecule has 1 aliphatic rings. The Morgan fingerprint density at radius 3 is 2.39 bits per heavy atom. The van der Waals surface area contributed by atoms with Gasteiger partial charge in [0.25, 0.3) is 0 Å². The van der Waals surface area contributed by atoms with Crippen molar-refractivity contribution in [1.82, 2.24) is 10.2 Å². The number of nitrogens with one attached hydrogen (secondary N) is 1. The lowest BCUT2D eigenvalue weighted by molar-refractivity contribution is -0.144. The largest absolute Gasteiger partial charge is 0.468 e. The van der Waals surface area contributed by atoms with Gasteiger partial charge < -0.3 is 24.8 Å². The van der Waals surface area contributed by atoms with Gasteiger partial charge in [0.15, 0.2) is 0 Å². The normalized spacial score (nSPS) is 17.7. The quantitative estimate of drug-likeness (QED) is 0.710. The number of hydrogen-bond acceptors (Lipinski definition) is 6. The van der Waals surface area contributed by atoms with Crippen LogP contribution in [0.1, 0.15) is 40.0 Å². The molecule has 7 heteroatoms. The molecule has 1 atom stereocenters. The van der Waals surface area contributed by atoms with E-state index >= 15 is 0 Å². The molecule has 23 heavy (non-hydrogen) atoms. The summed E-state index contributed by atoms with van der Waals surface area (Å²) < 4.78 is 9.98. The molecule has 0 aromatic rings. The Morgan fingerprint density at radius 2 is 1.91 bits per heavy atom. The van der Waals surface area contributed by atoms with Crippen molar-refractivity contribution in [3.63, 3.8) is 0 Å². The van der Waals surface area contributed by atoms with Crippen molar-refractivity contribution in [1.29, 1.82) is 0 Å². The van der Waals surface area contributed by atoms with Gasteiger partial charge in [0.2, 0.25) is 0 Å². The Balaban J connectivity index is 2.26. The minimum absolute atomic E-state index is 0.250. The van der Waals surface area contributed by atoms with Gasteiger partial charge in [-0.25, -0.2) is 4.79 Å². The molecule has 0 aromatic carbocycles. The average molecular weight is 330 g/mol. The van der Waals surface area contributed by atoms with Gasteiger partial charge in [-0.3, -0.25) is 4.79 Å². The van der Waals surface area contributed by atoms with Gasteiger partial charge in [-0.05, 0) is 52.5 Å². The highest BCUT2D eigenvalue weighted by Crippen LogP contribution is 2.21. The molecule has 2 N–H and O–H groups in total. The van der Waals surface area contributed by atoms with E-state index in [0.717, 1.165) is 19.3 Å². The molecule has 1 amide bonds. The molecule has 0 saturated carbocycles. The zero-order valence-electron chi connectivity index (χ0n) is 14.6. The highest BCUT2D eigenvalue weighted by Gasteiger charge is 2.27. The predicted molar refractivity (Wildman–Crippen MR) is 86.0 cm³/mol. The summed E-state index contributed by atoms with van der Waals surface area (Å²) in [5.41, 5.74) is -0.467. The lowest BCUT2D eigenvalue weighted by atomic mass is 9.93. The fourth-order valence-electron chi connectivity index (χ4n) is 2.56. The second-order valence-corrected chi connectivity index (χ2v) is 6.91. The lowest BCUT2D eigenvalue weighted by Gasteiger charge is -2.33. The van der Waals surface area contributed by atoms with Gasteiger partial charge in [-0.15, -0.1) is 0 Å². The number of nitrogens with zero attached hydrogens (tertiary/aromatic N) is 1. The van der Waals surface area contributed by atoms with Crippen LogP contribution < -0.4 is 5.32 Å². The number of amides is 1. The molecule has 7 nitrogen and oxygen atoms in total. The summed E-state index contributed by atoms with van der Waals surface area (Å²) in [4.78, 5) is 25.1. The maximum absolute atomic E-state index is 12.0. The number of piperidine rings is 1. The average Bonchev–Trinajstić information content (AvgIpc) is 2.49. The number of hydrogen-bond donors (Lipinski definition) is 2. The van der Waals surface area contributed by atoms with Crippen LogP contribution in [-0.2, 0) is 14.3 Å². The molecule has 0 radical (unpaired) electrons. The standard InChI is InChI=1S/C16H30N2O5/c1-16(2,3)23-15(21)18-9-6-12(7-10-18)5-8-17-13(11-19)14(20)22-4/h12-13,17,19H,5-11H2,1-4H3. The third-order valence-corrected chi connectivity index (χ3v) is 3.88. The van der Waals surface area contributed by atoms with E-state index in [4.69, 9.17) is 9.84 Å². The minimum Gasteiger partial charge on any atom is -0.468 e. The number of likely N-dealkylation sites (tertiary alicyclic amines) is 1. The summed E-state index contributed by atoms with van der Waals surface area (Å²) >= 11 is 0. The van der Waals surface area contributed by atoms with Crippen LogP contribution in [0.5, 0.6) is 0 Å². The number of rotatable bonds is 6. The van der Waals surface area contributed by atoms with Gasteiger partial charge in [0.05, 0.1) is 13.7 Å². The second-order valence-electron chi connectivity index (χ2n) is 6.91. The molecule has 0 aromatic heterocycles. The second kappa shape index (κ2) is 9.08. The monoisotopic (exact) mass is 330 g/mol. The summed E-state index contributed by atoms with van der Waals surface area (Å²) in [7, 11) is 1.30. The first-order valence-corrected chi connectivity index (χ1v) is 8.17. The Labute approximate surface area is 138 Å². The van der Waals surface area contributed by atoms with Gasteiger partial charge >= 0.3 is 12.1 Å². The molecule has 0 aliphatic carbocycles. The first-order chi connectivity index (χ1) is 10.8. The van der Waals surface area contributed by atoms with Crippen molar-refractivity contribution < 1.29 is 24.2 Å². The van der Waals surface area contributed by atoms with Crippen LogP contribution in [0.3, 0.4) is 0 Å². The number of aliphatic hydroxyl groups excluding tert-OH is 1. The Bertz CT molecular complexity index is 386. The third-order valence-electron chi connectivity index (χ3n) is 3.88. The highest BCUT2D eigenvalue weighted by atomic mass is 16.6. The minimum atomic E-state index is -0.665. The number of esters is 1.